The second-order valence-electron chi connectivity index (χ2n) is 3.72. The summed E-state index contributed by atoms with van der Waals surface area (Å²) in [5.41, 5.74) is 1.34. The van der Waals surface area contributed by atoms with Crippen molar-refractivity contribution in [2.24, 2.45) is 7.05 Å². The lowest BCUT2D eigenvalue weighted by Crippen LogP contribution is -2.27. The summed E-state index contributed by atoms with van der Waals surface area (Å²) in [6, 6.07) is 5.64. The molecular formula is C12H11BrN2O2. The maximum absolute atomic E-state index is 11.9. The Labute approximate surface area is 107 Å². The minimum Gasteiger partial charge on any atom is -0.352 e. The summed E-state index contributed by atoms with van der Waals surface area (Å²) in [5.74, 6) is -1.12. The summed E-state index contributed by atoms with van der Waals surface area (Å²) >= 11 is 3.36. The second kappa shape index (κ2) is 4.33. The Morgan fingerprint density at radius 1 is 1.35 bits per heavy atom. The first kappa shape index (κ1) is 11.9. The molecule has 0 aliphatic carbocycles. The predicted molar refractivity (Wildman–Crippen MR) is 69.0 cm³/mol. The first-order valence-corrected chi connectivity index (χ1v) is 5.85. The molecule has 17 heavy (non-hydrogen) atoms. The molecular weight excluding hydrogens is 284 g/mol. The van der Waals surface area contributed by atoms with E-state index in [4.69, 9.17) is 0 Å². The summed E-state index contributed by atoms with van der Waals surface area (Å²) in [6.45, 7) is 0. The van der Waals surface area contributed by atoms with Gasteiger partial charge in [0.25, 0.3) is 11.7 Å². The van der Waals surface area contributed by atoms with Crippen LogP contribution in [-0.2, 0) is 11.8 Å². The van der Waals surface area contributed by atoms with E-state index < -0.39 is 11.7 Å². The highest BCUT2D eigenvalue weighted by Gasteiger charge is 2.19. The number of hydrogen-bond acceptors (Lipinski definition) is 2. The Morgan fingerprint density at radius 2 is 2.06 bits per heavy atom. The van der Waals surface area contributed by atoms with E-state index in [-0.39, 0.29) is 0 Å². The van der Waals surface area contributed by atoms with Crippen molar-refractivity contribution in [2.45, 2.75) is 0 Å². The van der Waals surface area contributed by atoms with Gasteiger partial charge in [-0.15, -0.1) is 0 Å². The summed E-state index contributed by atoms with van der Waals surface area (Å²) < 4.78 is 2.71. The fourth-order valence-electron chi connectivity index (χ4n) is 1.78. The van der Waals surface area contributed by atoms with Gasteiger partial charge in [-0.05, 0) is 18.2 Å². The Balaban J connectivity index is 2.66. The van der Waals surface area contributed by atoms with Crippen LogP contribution in [0.3, 0.4) is 0 Å². The zero-order chi connectivity index (χ0) is 12.6. The molecule has 1 aromatic carbocycles. The van der Waals surface area contributed by atoms with Crippen molar-refractivity contribution in [3.05, 3.63) is 34.4 Å². The number of nitrogens with zero attached hydrogens (tertiary/aromatic N) is 1. The number of carbonyl (C=O) groups excluding carboxylic acids is 2. The van der Waals surface area contributed by atoms with Gasteiger partial charge in [0.15, 0.2) is 0 Å². The standard InChI is InChI=1S/C12H11BrN2O2/c1-14-12(17)11(16)9-6-15(2)10-4-3-7(13)5-8(9)10/h3-6H,1-2H3,(H,14,17). The van der Waals surface area contributed by atoms with E-state index >= 15 is 0 Å². The smallest absolute Gasteiger partial charge is 0.292 e. The quantitative estimate of drug-likeness (QED) is 0.679. The Morgan fingerprint density at radius 3 is 2.71 bits per heavy atom. The molecule has 2 aromatic rings. The maximum Gasteiger partial charge on any atom is 0.292 e. The van der Waals surface area contributed by atoms with E-state index in [1.165, 1.54) is 7.05 Å². The van der Waals surface area contributed by atoms with Crippen LogP contribution in [0.2, 0.25) is 0 Å². The van der Waals surface area contributed by atoms with Crippen LogP contribution in [0.4, 0.5) is 0 Å². The number of amides is 1. The molecule has 0 aliphatic heterocycles. The Hall–Kier alpha value is -1.62. The van der Waals surface area contributed by atoms with E-state index in [2.05, 4.69) is 21.2 Å². The van der Waals surface area contributed by atoms with Crippen molar-refractivity contribution >= 4 is 38.5 Å². The molecule has 0 spiro atoms. The molecule has 0 saturated carbocycles. The number of aromatic nitrogens is 1. The molecule has 1 aromatic heterocycles. The number of fused-ring (bicyclic) bond motifs is 1. The molecule has 1 heterocycles. The number of Topliss-reactive ketones (excluding diaryl/α,β-unsaturated/α-hetero) is 1. The molecule has 5 heteroatoms. The van der Waals surface area contributed by atoms with E-state index in [1.54, 1.807) is 6.20 Å². The molecule has 0 aliphatic rings. The zero-order valence-corrected chi connectivity index (χ0v) is 11.0. The number of nitrogens with one attached hydrogen (secondary N) is 1. The van der Waals surface area contributed by atoms with Gasteiger partial charge in [0.05, 0.1) is 5.56 Å². The van der Waals surface area contributed by atoms with E-state index in [1.807, 2.05) is 29.8 Å². The van der Waals surface area contributed by atoms with Crippen LogP contribution in [-0.4, -0.2) is 23.3 Å². The van der Waals surface area contributed by atoms with Crippen LogP contribution < -0.4 is 5.32 Å². The van der Waals surface area contributed by atoms with Crippen molar-refractivity contribution in [1.29, 1.82) is 0 Å². The maximum atomic E-state index is 11.9. The highest BCUT2D eigenvalue weighted by Crippen LogP contribution is 2.24. The lowest BCUT2D eigenvalue weighted by Gasteiger charge is -1.98. The van der Waals surface area contributed by atoms with Crippen LogP contribution >= 0.6 is 15.9 Å². The van der Waals surface area contributed by atoms with Gasteiger partial charge >= 0.3 is 0 Å². The third-order valence-corrected chi connectivity index (χ3v) is 3.12. The average Bonchev–Trinajstić information content (AvgIpc) is 2.64. The molecule has 0 bridgehead atoms. The van der Waals surface area contributed by atoms with Gasteiger partial charge in [-0.1, -0.05) is 15.9 Å². The number of ketones is 1. The van der Waals surface area contributed by atoms with E-state index in [0.29, 0.717) is 5.56 Å². The topological polar surface area (TPSA) is 51.1 Å². The van der Waals surface area contributed by atoms with Gasteiger partial charge < -0.3 is 9.88 Å². The summed E-state index contributed by atoms with van der Waals surface area (Å²) in [7, 11) is 3.29. The average molecular weight is 295 g/mol. The van der Waals surface area contributed by atoms with Crippen molar-refractivity contribution in [3.8, 4) is 0 Å². The molecule has 1 N–H and O–H groups in total. The third-order valence-electron chi connectivity index (χ3n) is 2.63. The molecule has 4 nitrogen and oxygen atoms in total. The van der Waals surface area contributed by atoms with Crippen LogP contribution in [0, 0.1) is 0 Å². The van der Waals surface area contributed by atoms with Crippen molar-refractivity contribution < 1.29 is 9.59 Å². The SMILES string of the molecule is CNC(=O)C(=O)c1cn(C)c2ccc(Br)cc12. The molecule has 0 unspecified atom stereocenters. The minimum atomic E-state index is -0.600. The van der Waals surface area contributed by atoms with Gasteiger partial charge in [0.2, 0.25) is 0 Å². The third kappa shape index (κ3) is 1.98. The van der Waals surface area contributed by atoms with E-state index in [0.717, 1.165) is 15.4 Å². The Bertz CT molecular complexity index is 616. The first-order valence-electron chi connectivity index (χ1n) is 5.05. The zero-order valence-electron chi connectivity index (χ0n) is 9.45. The highest BCUT2D eigenvalue weighted by atomic mass is 79.9. The summed E-state index contributed by atoms with van der Waals surface area (Å²) in [4.78, 5) is 23.2. The summed E-state index contributed by atoms with van der Waals surface area (Å²) in [5, 5.41) is 3.12. The Kier molecular flexibility index (Phi) is 3.02. The monoisotopic (exact) mass is 294 g/mol. The number of carbonyl (C=O) groups is 2. The molecule has 0 radical (unpaired) electrons. The molecule has 1 amide bonds. The van der Waals surface area contributed by atoms with Crippen molar-refractivity contribution in [3.63, 3.8) is 0 Å². The normalized spacial score (nSPS) is 10.5. The summed E-state index contributed by atoms with van der Waals surface area (Å²) in [6.07, 6.45) is 1.68. The minimum absolute atomic E-state index is 0.420. The van der Waals surface area contributed by atoms with Gasteiger partial charge in [-0.2, -0.15) is 0 Å². The lowest BCUT2D eigenvalue weighted by atomic mass is 10.1. The molecule has 2 rings (SSSR count). The van der Waals surface area contributed by atoms with E-state index in [9.17, 15) is 9.59 Å². The number of rotatable bonds is 2. The lowest BCUT2D eigenvalue weighted by molar-refractivity contribution is -0.116. The van der Waals surface area contributed by atoms with Crippen LogP contribution in [0.25, 0.3) is 10.9 Å². The fraction of sp³-hybridized carbons (Fsp3) is 0.167. The van der Waals surface area contributed by atoms with Gasteiger partial charge in [0.1, 0.15) is 0 Å². The highest BCUT2D eigenvalue weighted by molar-refractivity contribution is 9.10. The molecule has 0 atom stereocenters. The van der Waals surface area contributed by atoms with Gasteiger partial charge in [-0.3, -0.25) is 9.59 Å². The second-order valence-corrected chi connectivity index (χ2v) is 4.64. The van der Waals surface area contributed by atoms with Crippen molar-refractivity contribution in [2.75, 3.05) is 7.05 Å². The van der Waals surface area contributed by atoms with Crippen LogP contribution in [0.1, 0.15) is 10.4 Å². The van der Waals surface area contributed by atoms with Crippen LogP contribution in [0.5, 0.6) is 0 Å². The predicted octanol–water partition coefficient (Wildman–Crippen LogP) is 1.87. The van der Waals surface area contributed by atoms with Crippen LogP contribution in [0.15, 0.2) is 28.9 Å². The van der Waals surface area contributed by atoms with Gasteiger partial charge in [-0.25, -0.2) is 0 Å². The fourth-order valence-corrected chi connectivity index (χ4v) is 2.14. The number of aryl methyl sites for hydroxylation is 1. The van der Waals surface area contributed by atoms with Crippen molar-refractivity contribution in [1.82, 2.24) is 9.88 Å². The first-order chi connectivity index (χ1) is 8.04. The number of benzene rings is 1. The number of hydrogen-bond donors (Lipinski definition) is 1. The largest absolute Gasteiger partial charge is 0.352 e. The molecule has 88 valence electrons. The van der Waals surface area contributed by atoms with Gasteiger partial charge in [0, 0.05) is 35.7 Å². The molecule has 0 saturated heterocycles. The number of halogens is 1. The molecule has 0 fully saturated rings. The number of likely N-dealkylation sites (N-methyl/N-ethyl adjacent to an activating group) is 1.